The quantitative estimate of drug-likeness (QED) is 0.487. The number of hydrogen-bond donors (Lipinski definition) is 1. The highest BCUT2D eigenvalue weighted by molar-refractivity contribution is 6.35. The Balaban J connectivity index is 5.55. The number of Topliss-reactive ketones (excluding diaryl/α,β-unsaturated/α-hetero) is 1. The van der Waals surface area contributed by atoms with Crippen molar-refractivity contribution in [3.8, 4) is 0 Å². The number of carbonyl (C=O) groups excluding carboxylic acids is 3. The zero-order chi connectivity index (χ0) is 19.6. The number of ketones is 1. The van der Waals surface area contributed by atoms with Gasteiger partial charge in [0.1, 0.15) is 6.04 Å². The first-order chi connectivity index (χ1) is 11.6. The molecular formula is C20H32N2O3. The summed E-state index contributed by atoms with van der Waals surface area (Å²) in [5.41, 5.74) is 0. The molecule has 0 heterocycles. The summed E-state index contributed by atoms with van der Waals surface area (Å²) < 4.78 is 0. The molecule has 0 aliphatic heterocycles. The van der Waals surface area contributed by atoms with Crippen LogP contribution in [0.1, 0.15) is 48.0 Å². The molecule has 0 aromatic carbocycles. The van der Waals surface area contributed by atoms with Crippen LogP contribution < -0.4 is 5.32 Å². The van der Waals surface area contributed by atoms with E-state index in [0.29, 0.717) is 6.42 Å². The smallest absolute Gasteiger partial charge is 0.290 e. The molecule has 140 valence electrons. The Hall–Kier alpha value is -2.17. The first-order valence-electron chi connectivity index (χ1n) is 8.71. The van der Waals surface area contributed by atoms with E-state index in [9.17, 15) is 14.4 Å². The minimum atomic E-state index is -0.689. The Morgan fingerprint density at radius 3 is 2.08 bits per heavy atom. The molecule has 0 radical (unpaired) electrons. The third-order valence-corrected chi connectivity index (χ3v) is 3.61. The van der Waals surface area contributed by atoms with Gasteiger partial charge in [-0.05, 0) is 33.1 Å². The van der Waals surface area contributed by atoms with E-state index in [-0.39, 0.29) is 23.9 Å². The molecule has 0 bridgehead atoms. The summed E-state index contributed by atoms with van der Waals surface area (Å²) in [6.07, 6.45) is 9.61. The third kappa shape index (κ3) is 7.96. The van der Waals surface area contributed by atoms with Gasteiger partial charge in [-0.15, -0.1) is 0 Å². The Kier molecular flexibility index (Phi) is 10.4. The largest absolute Gasteiger partial charge is 0.352 e. The average molecular weight is 348 g/mol. The van der Waals surface area contributed by atoms with Crippen molar-refractivity contribution in [3.05, 3.63) is 37.0 Å². The number of allylic oxidation sites excluding steroid dienone is 4. The van der Waals surface area contributed by atoms with Crippen molar-refractivity contribution in [1.29, 1.82) is 0 Å². The number of amides is 2. The molecule has 25 heavy (non-hydrogen) atoms. The fourth-order valence-corrected chi connectivity index (χ4v) is 2.51. The lowest BCUT2D eigenvalue weighted by Crippen LogP contribution is -2.57. The van der Waals surface area contributed by atoms with Gasteiger partial charge in [0.2, 0.25) is 11.7 Å². The summed E-state index contributed by atoms with van der Waals surface area (Å²) in [5, 5.41) is 2.85. The molecular weight excluding hydrogens is 316 g/mol. The van der Waals surface area contributed by atoms with E-state index < -0.39 is 17.7 Å². The maximum absolute atomic E-state index is 12.6. The molecule has 0 fully saturated rings. The van der Waals surface area contributed by atoms with Crippen LogP contribution >= 0.6 is 0 Å². The van der Waals surface area contributed by atoms with Crippen LogP contribution in [0, 0.1) is 5.92 Å². The number of hydrogen-bond acceptors (Lipinski definition) is 3. The second-order valence-corrected chi connectivity index (χ2v) is 6.75. The molecule has 0 rings (SSSR count). The van der Waals surface area contributed by atoms with Gasteiger partial charge >= 0.3 is 0 Å². The van der Waals surface area contributed by atoms with Crippen molar-refractivity contribution >= 4 is 17.6 Å². The number of rotatable bonds is 10. The molecule has 2 unspecified atom stereocenters. The molecule has 0 saturated carbocycles. The van der Waals surface area contributed by atoms with Gasteiger partial charge in [-0.25, -0.2) is 0 Å². The van der Waals surface area contributed by atoms with E-state index in [1.165, 1.54) is 11.8 Å². The molecule has 0 aliphatic carbocycles. The van der Waals surface area contributed by atoms with Crippen molar-refractivity contribution in [2.24, 2.45) is 5.92 Å². The van der Waals surface area contributed by atoms with Crippen LogP contribution in [0.4, 0.5) is 0 Å². The van der Waals surface area contributed by atoms with E-state index in [0.717, 1.165) is 0 Å². The van der Waals surface area contributed by atoms with Gasteiger partial charge in [0.05, 0.1) is 0 Å². The van der Waals surface area contributed by atoms with Gasteiger partial charge in [0.15, 0.2) is 0 Å². The molecule has 0 aromatic rings. The summed E-state index contributed by atoms with van der Waals surface area (Å²) in [4.78, 5) is 38.3. The lowest BCUT2D eigenvalue weighted by atomic mass is 9.97. The highest BCUT2D eigenvalue weighted by Crippen LogP contribution is 2.18. The molecule has 0 spiro atoms. The van der Waals surface area contributed by atoms with Gasteiger partial charge < -0.3 is 10.2 Å². The van der Waals surface area contributed by atoms with Crippen LogP contribution in [-0.4, -0.2) is 40.6 Å². The van der Waals surface area contributed by atoms with Crippen LogP contribution in [0.5, 0.6) is 0 Å². The second kappa shape index (κ2) is 11.4. The van der Waals surface area contributed by atoms with E-state index >= 15 is 0 Å². The van der Waals surface area contributed by atoms with E-state index in [1.54, 1.807) is 12.2 Å². The SMILES string of the molecule is C=C/C=C/C=C/CC(C)N(C(=O)C(C)=O)C(C(=O)NC(C)C)C(C)C. The summed E-state index contributed by atoms with van der Waals surface area (Å²) in [6, 6.07) is -1.01. The van der Waals surface area contributed by atoms with Crippen LogP contribution in [-0.2, 0) is 14.4 Å². The summed E-state index contributed by atoms with van der Waals surface area (Å²) in [6.45, 7) is 14.2. The lowest BCUT2D eigenvalue weighted by Gasteiger charge is -2.37. The number of nitrogens with zero attached hydrogens (tertiary/aromatic N) is 1. The Labute approximate surface area is 151 Å². The van der Waals surface area contributed by atoms with Crippen molar-refractivity contribution in [2.75, 3.05) is 0 Å². The lowest BCUT2D eigenvalue weighted by molar-refractivity contribution is -0.151. The molecule has 0 saturated heterocycles. The van der Waals surface area contributed by atoms with Crippen molar-refractivity contribution in [1.82, 2.24) is 10.2 Å². The van der Waals surface area contributed by atoms with Crippen LogP contribution in [0.15, 0.2) is 37.0 Å². The van der Waals surface area contributed by atoms with Gasteiger partial charge in [0.25, 0.3) is 5.91 Å². The number of carbonyl (C=O) groups is 3. The summed E-state index contributed by atoms with van der Waals surface area (Å²) in [7, 11) is 0. The van der Waals surface area contributed by atoms with Gasteiger partial charge in [0, 0.05) is 19.0 Å². The fourth-order valence-electron chi connectivity index (χ4n) is 2.51. The van der Waals surface area contributed by atoms with Gasteiger partial charge in [-0.1, -0.05) is 50.8 Å². The second-order valence-electron chi connectivity index (χ2n) is 6.75. The Bertz CT molecular complexity index is 533. The van der Waals surface area contributed by atoms with Crippen LogP contribution in [0.2, 0.25) is 0 Å². The van der Waals surface area contributed by atoms with Gasteiger partial charge in [-0.2, -0.15) is 0 Å². The summed E-state index contributed by atoms with van der Waals surface area (Å²) >= 11 is 0. The van der Waals surface area contributed by atoms with Crippen LogP contribution in [0.3, 0.4) is 0 Å². The molecule has 2 amide bonds. The van der Waals surface area contributed by atoms with Crippen molar-refractivity contribution in [2.45, 2.75) is 66.1 Å². The predicted octanol–water partition coefficient (Wildman–Crippen LogP) is 3.03. The fraction of sp³-hybridized carbons (Fsp3) is 0.550. The van der Waals surface area contributed by atoms with E-state index in [4.69, 9.17) is 0 Å². The van der Waals surface area contributed by atoms with E-state index in [2.05, 4.69) is 11.9 Å². The maximum atomic E-state index is 12.6. The normalized spacial score (nSPS) is 14.1. The van der Waals surface area contributed by atoms with Gasteiger partial charge in [-0.3, -0.25) is 14.4 Å². The minimum absolute atomic E-state index is 0.0396. The highest BCUT2D eigenvalue weighted by atomic mass is 16.2. The Morgan fingerprint density at radius 1 is 1.04 bits per heavy atom. The highest BCUT2D eigenvalue weighted by Gasteiger charge is 2.36. The minimum Gasteiger partial charge on any atom is -0.352 e. The van der Waals surface area contributed by atoms with E-state index in [1.807, 2.05) is 52.8 Å². The van der Waals surface area contributed by atoms with Crippen molar-refractivity contribution in [3.63, 3.8) is 0 Å². The maximum Gasteiger partial charge on any atom is 0.290 e. The Morgan fingerprint density at radius 2 is 1.64 bits per heavy atom. The molecule has 2 atom stereocenters. The molecule has 5 heteroatoms. The molecule has 1 N–H and O–H groups in total. The standard InChI is InChI=1S/C20H32N2O3/c1-8-9-10-11-12-13-16(6)22(20(25)17(7)23)18(14(2)3)19(24)21-15(4)5/h8-12,14-16,18H,1,13H2,2-7H3,(H,21,24)/b10-9+,12-11+. The molecule has 0 aromatic heterocycles. The average Bonchev–Trinajstić information content (AvgIpc) is 2.49. The summed E-state index contributed by atoms with van der Waals surface area (Å²) in [5.74, 6) is -1.54. The third-order valence-electron chi connectivity index (χ3n) is 3.61. The first kappa shape index (κ1) is 22.8. The zero-order valence-corrected chi connectivity index (χ0v) is 16.3. The monoisotopic (exact) mass is 348 g/mol. The molecule has 5 nitrogen and oxygen atoms in total. The first-order valence-corrected chi connectivity index (χ1v) is 8.71. The molecule has 0 aliphatic rings. The predicted molar refractivity (Wildman–Crippen MR) is 102 cm³/mol. The van der Waals surface area contributed by atoms with Crippen molar-refractivity contribution < 1.29 is 14.4 Å². The number of nitrogens with one attached hydrogen (secondary N) is 1. The van der Waals surface area contributed by atoms with Crippen LogP contribution in [0.25, 0.3) is 0 Å². The topological polar surface area (TPSA) is 66.5 Å². The zero-order valence-electron chi connectivity index (χ0n) is 16.3.